The fraction of sp³-hybridized carbons (Fsp3) is 0.273. The van der Waals surface area contributed by atoms with Gasteiger partial charge in [-0.25, -0.2) is 4.79 Å². The van der Waals surface area contributed by atoms with Crippen molar-refractivity contribution in [2.75, 3.05) is 0 Å². The van der Waals surface area contributed by atoms with E-state index in [4.69, 9.17) is 16.2 Å². The van der Waals surface area contributed by atoms with Gasteiger partial charge in [-0.05, 0) is 17.5 Å². The van der Waals surface area contributed by atoms with Gasteiger partial charge in [-0.1, -0.05) is 60.7 Å². The first-order valence-corrected chi connectivity index (χ1v) is 9.71. The predicted octanol–water partition coefficient (Wildman–Crippen LogP) is -0.319. The smallest absolute Gasteiger partial charge is 0.357 e. The summed E-state index contributed by atoms with van der Waals surface area (Å²) in [4.78, 5) is 48.3. The van der Waals surface area contributed by atoms with Crippen molar-refractivity contribution in [2.24, 2.45) is 17.4 Å². The monoisotopic (exact) mass is 443 g/mol. The molecule has 0 saturated carbocycles. The molecule has 0 aliphatic carbocycles. The maximum absolute atomic E-state index is 12.5. The first-order valence-electron chi connectivity index (χ1n) is 9.71. The summed E-state index contributed by atoms with van der Waals surface area (Å²) < 4.78 is 5.03. The number of hydrogen-bond donors (Lipinski definition) is 5. The summed E-state index contributed by atoms with van der Waals surface area (Å²) in [5.74, 6) is -7.23. The number of ether oxygens (including phenoxy) is 1. The molecule has 0 aromatic heterocycles. The number of carboxylic acid groups (broad SMARTS) is 1. The third-order valence-electron chi connectivity index (χ3n) is 4.75. The standard InChI is InChI=1S/C22H25N3O7/c23-17(16(18(24)26)20(28)32-13-15-9-5-2-6-10-15)19(27)25-22(31,21(29)30)12-11-14-7-3-1-4-8-14/h1-10,16-17,31H,11-13,23H2,(H2,24,26)(H,25,27)(H,29,30)/t16-,17-,22?/m0/s1. The van der Waals surface area contributed by atoms with Gasteiger partial charge in [-0.2, -0.15) is 0 Å². The van der Waals surface area contributed by atoms with Crippen LogP contribution in [-0.4, -0.2) is 45.7 Å². The Bertz CT molecular complexity index is 953. The zero-order valence-corrected chi connectivity index (χ0v) is 17.1. The largest absolute Gasteiger partial charge is 0.478 e. The Labute approximate surface area is 184 Å². The molecule has 0 fully saturated rings. The SMILES string of the molecule is NC(=O)[C@@H](C(=O)OCc1ccccc1)[C@H](N)C(=O)NC(O)(CCc1ccccc1)C(=O)O. The fourth-order valence-electron chi connectivity index (χ4n) is 2.89. The zero-order valence-electron chi connectivity index (χ0n) is 17.1. The van der Waals surface area contributed by atoms with E-state index in [1.165, 1.54) is 0 Å². The first-order chi connectivity index (χ1) is 15.1. The summed E-state index contributed by atoms with van der Waals surface area (Å²) in [6.07, 6.45) is -0.262. The molecule has 10 nitrogen and oxygen atoms in total. The van der Waals surface area contributed by atoms with E-state index in [-0.39, 0.29) is 19.4 Å². The quantitative estimate of drug-likeness (QED) is 0.178. The van der Waals surface area contributed by atoms with Crippen molar-refractivity contribution >= 4 is 23.8 Å². The van der Waals surface area contributed by atoms with Crippen LogP contribution in [0.3, 0.4) is 0 Å². The number of aryl methyl sites for hydroxylation is 1. The van der Waals surface area contributed by atoms with Crippen molar-refractivity contribution < 1.29 is 34.1 Å². The summed E-state index contributed by atoms with van der Waals surface area (Å²) in [6.45, 7) is -0.187. The Morgan fingerprint density at radius 1 is 0.969 bits per heavy atom. The number of esters is 1. The third-order valence-corrected chi connectivity index (χ3v) is 4.75. The number of aliphatic carboxylic acids is 1. The van der Waals surface area contributed by atoms with Gasteiger partial charge in [0.15, 0.2) is 5.92 Å². The van der Waals surface area contributed by atoms with Crippen LogP contribution in [0.1, 0.15) is 17.5 Å². The highest BCUT2D eigenvalue weighted by Crippen LogP contribution is 2.15. The maximum atomic E-state index is 12.5. The predicted molar refractivity (Wildman–Crippen MR) is 112 cm³/mol. The molecule has 7 N–H and O–H groups in total. The molecular formula is C22H25N3O7. The topological polar surface area (TPSA) is 182 Å². The van der Waals surface area contributed by atoms with Crippen LogP contribution in [0.2, 0.25) is 0 Å². The molecule has 2 rings (SSSR count). The maximum Gasteiger partial charge on any atom is 0.357 e. The lowest BCUT2D eigenvalue weighted by molar-refractivity contribution is -0.167. The fourth-order valence-corrected chi connectivity index (χ4v) is 2.89. The lowest BCUT2D eigenvalue weighted by Crippen LogP contribution is -2.61. The number of primary amides is 1. The van der Waals surface area contributed by atoms with Gasteiger partial charge in [0.05, 0.1) is 0 Å². The van der Waals surface area contributed by atoms with Gasteiger partial charge < -0.3 is 31.7 Å². The Balaban J connectivity index is 2.06. The van der Waals surface area contributed by atoms with Crippen LogP contribution in [0.5, 0.6) is 0 Å². The molecular weight excluding hydrogens is 418 g/mol. The van der Waals surface area contributed by atoms with Crippen LogP contribution in [0, 0.1) is 5.92 Å². The number of carbonyl (C=O) groups excluding carboxylic acids is 3. The average Bonchev–Trinajstić information content (AvgIpc) is 2.77. The van der Waals surface area contributed by atoms with Crippen LogP contribution >= 0.6 is 0 Å². The molecule has 0 radical (unpaired) electrons. The van der Waals surface area contributed by atoms with E-state index < -0.39 is 41.4 Å². The molecule has 0 bridgehead atoms. The second kappa shape index (κ2) is 11.0. The minimum Gasteiger partial charge on any atom is -0.478 e. The number of carboxylic acids is 1. The van der Waals surface area contributed by atoms with Crippen molar-refractivity contribution in [2.45, 2.75) is 31.2 Å². The number of benzene rings is 2. The number of amides is 2. The summed E-state index contributed by atoms with van der Waals surface area (Å²) >= 11 is 0. The molecule has 170 valence electrons. The minimum atomic E-state index is -2.68. The number of hydrogen-bond acceptors (Lipinski definition) is 7. The summed E-state index contributed by atoms with van der Waals surface area (Å²) in [5, 5.41) is 21.8. The highest BCUT2D eigenvalue weighted by Gasteiger charge is 2.43. The molecule has 0 aliphatic rings. The van der Waals surface area contributed by atoms with E-state index in [2.05, 4.69) is 0 Å². The van der Waals surface area contributed by atoms with Crippen molar-refractivity contribution in [1.29, 1.82) is 0 Å². The Kier molecular flexibility index (Phi) is 8.45. The molecule has 2 aromatic carbocycles. The van der Waals surface area contributed by atoms with Crippen molar-refractivity contribution in [3.05, 3.63) is 71.8 Å². The molecule has 2 amide bonds. The molecule has 32 heavy (non-hydrogen) atoms. The minimum absolute atomic E-state index is 0.123. The molecule has 3 atom stereocenters. The lowest BCUT2D eigenvalue weighted by atomic mass is 9.97. The highest BCUT2D eigenvalue weighted by molar-refractivity contribution is 6.03. The van der Waals surface area contributed by atoms with E-state index in [0.717, 1.165) is 5.56 Å². The van der Waals surface area contributed by atoms with Gasteiger partial charge in [0.2, 0.25) is 17.5 Å². The molecule has 1 unspecified atom stereocenters. The van der Waals surface area contributed by atoms with Gasteiger partial charge in [-0.3, -0.25) is 14.4 Å². The van der Waals surface area contributed by atoms with E-state index in [1.807, 2.05) is 5.32 Å². The van der Waals surface area contributed by atoms with Crippen molar-refractivity contribution in [3.8, 4) is 0 Å². The van der Waals surface area contributed by atoms with E-state index in [1.54, 1.807) is 60.7 Å². The third kappa shape index (κ3) is 6.62. The van der Waals surface area contributed by atoms with Gasteiger partial charge in [0.1, 0.15) is 12.6 Å². The molecule has 10 heteroatoms. The van der Waals surface area contributed by atoms with Crippen LogP contribution in [-0.2, 0) is 36.9 Å². The Morgan fingerprint density at radius 2 is 1.50 bits per heavy atom. The normalized spacial score (nSPS) is 14.4. The molecule has 2 aromatic rings. The van der Waals surface area contributed by atoms with Crippen molar-refractivity contribution in [1.82, 2.24) is 5.32 Å². The van der Waals surface area contributed by atoms with Gasteiger partial charge >= 0.3 is 11.9 Å². The van der Waals surface area contributed by atoms with Crippen LogP contribution in [0.4, 0.5) is 0 Å². The second-order valence-corrected chi connectivity index (χ2v) is 7.14. The highest BCUT2D eigenvalue weighted by atomic mass is 16.5. The Hall–Kier alpha value is -3.76. The average molecular weight is 443 g/mol. The summed E-state index contributed by atoms with van der Waals surface area (Å²) in [5.41, 5.74) is 9.63. The van der Waals surface area contributed by atoms with Gasteiger partial charge in [0.25, 0.3) is 0 Å². The molecule has 0 spiro atoms. The number of nitrogens with one attached hydrogen (secondary N) is 1. The lowest BCUT2D eigenvalue weighted by Gasteiger charge is -2.27. The number of nitrogens with two attached hydrogens (primary N) is 2. The Morgan fingerprint density at radius 3 is 2.00 bits per heavy atom. The van der Waals surface area contributed by atoms with Gasteiger partial charge in [0, 0.05) is 6.42 Å². The number of rotatable bonds is 11. The van der Waals surface area contributed by atoms with Crippen LogP contribution < -0.4 is 16.8 Å². The molecule has 0 saturated heterocycles. The van der Waals surface area contributed by atoms with Crippen LogP contribution in [0.15, 0.2) is 60.7 Å². The first kappa shape index (κ1) is 24.5. The van der Waals surface area contributed by atoms with E-state index in [9.17, 15) is 29.4 Å². The summed E-state index contributed by atoms with van der Waals surface area (Å²) in [6, 6.07) is 15.4. The van der Waals surface area contributed by atoms with Crippen molar-refractivity contribution in [3.63, 3.8) is 0 Å². The van der Waals surface area contributed by atoms with Crippen LogP contribution in [0.25, 0.3) is 0 Å². The zero-order chi connectivity index (χ0) is 23.7. The van der Waals surface area contributed by atoms with Gasteiger partial charge in [-0.15, -0.1) is 0 Å². The molecule has 0 heterocycles. The second-order valence-electron chi connectivity index (χ2n) is 7.14. The molecule has 0 aliphatic heterocycles. The number of carbonyl (C=O) groups is 4. The van der Waals surface area contributed by atoms with E-state index in [0.29, 0.717) is 5.56 Å². The van der Waals surface area contributed by atoms with E-state index >= 15 is 0 Å². The summed E-state index contributed by atoms with van der Waals surface area (Å²) in [7, 11) is 0. The number of aliphatic hydroxyl groups is 1.